The Kier molecular flexibility index (Phi) is 5.29. The summed E-state index contributed by atoms with van der Waals surface area (Å²) >= 11 is 0. The molecule has 0 aromatic carbocycles. The van der Waals surface area contributed by atoms with Crippen molar-refractivity contribution in [3.63, 3.8) is 0 Å². The van der Waals surface area contributed by atoms with E-state index in [4.69, 9.17) is 4.74 Å². The predicted molar refractivity (Wildman–Crippen MR) is 70.7 cm³/mol. The second-order valence-corrected chi connectivity index (χ2v) is 4.08. The molecule has 6 nitrogen and oxygen atoms in total. The van der Waals surface area contributed by atoms with E-state index in [2.05, 4.69) is 11.7 Å². The van der Waals surface area contributed by atoms with Gasteiger partial charge in [0.15, 0.2) is 0 Å². The number of carbonyl (C=O) groups excluding carboxylic acids is 2. The normalized spacial score (nSPS) is 10.1. The van der Waals surface area contributed by atoms with E-state index in [0.29, 0.717) is 17.9 Å². The Bertz CT molecular complexity index is 479. The average molecular weight is 265 g/mol. The van der Waals surface area contributed by atoms with Gasteiger partial charge in [0.1, 0.15) is 6.54 Å². The fraction of sp³-hybridized carbons (Fsp3) is 0.462. The van der Waals surface area contributed by atoms with Gasteiger partial charge in [-0.2, -0.15) is 5.10 Å². The summed E-state index contributed by atoms with van der Waals surface area (Å²) in [4.78, 5) is 25.2. The summed E-state index contributed by atoms with van der Waals surface area (Å²) in [6, 6.07) is 0. The zero-order valence-electron chi connectivity index (χ0n) is 11.5. The Balaban J connectivity index is 2.86. The number of amides is 1. The molecule has 0 aliphatic carbocycles. The van der Waals surface area contributed by atoms with Crippen LogP contribution >= 0.6 is 0 Å². The molecule has 0 unspecified atom stereocenters. The largest absolute Gasteiger partial charge is 0.465 e. The Morgan fingerprint density at radius 3 is 2.74 bits per heavy atom. The highest BCUT2D eigenvalue weighted by Crippen LogP contribution is 2.09. The maximum Gasteiger partial charge on any atom is 0.325 e. The molecule has 0 N–H and O–H groups in total. The molecule has 1 amide bonds. The summed E-state index contributed by atoms with van der Waals surface area (Å²) in [6.07, 6.45) is 3.21. The fourth-order valence-electron chi connectivity index (χ4n) is 1.72. The summed E-state index contributed by atoms with van der Waals surface area (Å²) in [6.45, 7) is 7.56. The van der Waals surface area contributed by atoms with E-state index in [9.17, 15) is 9.59 Å². The van der Waals surface area contributed by atoms with E-state index < -0.39 is 5.97 Å². The number of nitrogens with zero attached hydrogens (tertiary/aromatic N) is 3. The van der Waals surface area contributed by atoms with Crippen molar-refractivity contribution in [3.8, 4) is 0 Å². The molecule has 19 heavy (non-hydrogen) atoms. The molecule has 0 aliphatic heterocycles. The lowest BCUT2D eigenvalue weighted by Gasteiger charge is -2.19. The molecule has 0 saturated carbocycles. The van der Waals surface area contributed by atoms with Gasteiger partial charge in [0.25, 0.3) is 5.91 Å². The Morgan fingerprint density at radius 2 is 2.26 bits per heavy atom. The SMILES string of the molecule is C=CCN(CC(=O)OCC)C(=O)c1cn(C)nc1C. The van der Waals surface area contributed by atoms with Crippen molar-refractivity contribution in [1.82, 2.24) is 14.7 Å². The van der Waals surface area contributed by atoms with Gasteiger partial charge in [0, 0.05) is 19.8 Å². The number of aromatic nitrogens is 2. The molecule has 0 radical (unpaired) electrons. The highest BCUT2D eigenvalue weighted by Gasteiger charge is 2.21. The highest BCUT2D eigenvalue weighted by molar-refractivity contribution is 5.96. The van der Waals surface area contributed by atoms with E-state index in [1.54, 1.807) is 37.8 Å². The lowest BCUT2D eigenvalue weighted by molar-refractivity contribution is -0.143. The number of hydrogen-bond acceptors (Lipinski definition) is 4. The smallest absolute Gasteiger partial charge is 0.325 e. The molecular weight excluding hydrogens is 246 g/mol. The monoisotopic (exact) mass is 265 g/mol. The quantitative estimate of drug-likeness (QED) is 0.566. The summed E-state index contributed by atoms with van der Waals surface area (Å²) in [7, 11) is 1.74. The minimum Gasteiger partial charge on any atom is -0.465 e. The topological polar surface area (TPSA) is 64.4 Å². The first kappa shape index (κ1) is 14.9. The first-order chi connectivity index (χ1) is 8.99. The van der Waals surface area contributed by atoms with E-state index in [1.807, 2.05) is 0 Å². The molecule has 0 bridgehead atoms. The molecule has 0 aliphatic rings. The number of rotatable bonds is 6. The van der Waals surface area contributed by atoms with Crippen molar-refractivity contribution in [2.24, 2.45) is 7.05 Å². The predicted octanol–water partition coefficient (Wildman–Crippen LogP) is 0.920. The molecule has 0 saturated heterocycles. The zero-order valence-corrected chi connectivity index (χ0v) is 11.5. The van der Waals surface area contributed by atoms with Gasteiger partial charge < -0.3 is 9.64 Å². The summed E-state index contributed by atoms with van der Waals surface area (Å²) in [5.41, 5.74) is 1.11. The van der Waals surface area contributed by atoms with E-state index in [-0.39, 0.29) is 19.0 Å². The lowest BCUT2D eigenvalue weighted by atomic mass is 10.2. The van der Waals surface area contributed by atoms with Crippen LogP contribution in [0.25, 0.3) is 0 Å². The summed E-state index contributed by atoms with van der Waals surface area (Å²) < 4.78 is 6.42. The minimum atomic E-state index is -0.431. The number of carbonyl (C=O) groups is 2. The van der Waals surface area contributed by atoms with Crippen molar-refractivity contribution >= 4 is 11.9 Å². The van der Waals surface area contributed by atoms with Gasteiger partial charge in [-0.1, -0.05) is 6.08 Å². The maximum absolute atomic E-state index is 12.3. The van der Waals surface area contributed by atoms with Crippen LogP contribution in [0.1, 0.15) is 23.0 Å². The number of aryl methyl sites for hydroxylation is 2. The first-order valence-corrected chi connectivity index (χ1v) is 6.05. The van der Waals surface area contributed by atoms with E-state index >= 15 is 0 Å². The van der Waals surface area contributed by atoms with Gasteiger partial charge in [-0.15, -0.1) is 6.58 Å². The highest BCUT2D eigenvalue weighted by atomic mass is 16.5. The first-order valence-electron chi connectivity index (χ1n) is 6.05. The zero-order chi connectivity index (χ0) is 14.4. The van der Waals surface area contributed by atoms with Crippen LogP contribution in [-0.4, -0.2) is 46.3 Å². The standard InChI is InChI=1S/C13H19N3O3/c1-5-7-16(9-12(17)19-6-2)13(18)11-8-15(4)14-10(11)3/h5,8H,1,6-7,9H2,2-4H3. The third-order valence-electron chi connectivity index (χ3n) is 2.51. The molecule has 6 heteroatoms. The summed E-state index contributed by atoms with van der Waals surface area (Å²) in [5.74, 6) is -0.683. The molecule has 1 rings (SSSR count). The molecule has 0 spiro atoms. The van der Waals surface area contributed by atoms with Crippen molar-refractivity contribution < 1.29 is 14.3 Å². The number of hydrogen-bond donors (Lipinski definition) is 0. The van der Waals surface area contributed by atoms with Crippen molar-refractivity contribution in [3.05, 3.63) is 30.1 Å². The third kappa shape index (κ3) is 3.94. The van der Waals surface area contributed by atoms with Gasteiger partial charge in [-0.3, -0.25) is 14.3 Å². The van der Waals surface area contributed by atoms with Crippen LogP contribution in [-0.2, 0) is 16.6 Å². The number of esters is 1. The van der Waals surface area contributed by atoms with Crippen molar-refractivity contribution in [2.75, 3.05) is 19.7 Å². The molecule has 1 aromatic rings. The summed E-state index contributed by atoms with van der Waals surface area (Å²) in [5, 5.41) is 4.12. The third-order valence-corrected chi connectivity index (χ3v) is 2.51. The van der Waals surface area contributed by atoms with Crippen LogP contribution < -0.4 is 0 Å². The van der Waals surface area contributed by atoms with Crippen LogP contribution in [0, 0.1) is 6.92 Å². The van der Waals surface area contributed by atoms with Crippen molar-refractivity contribution in [2.45, 2.75) is 13.8 Å². The van der Waals surface area contributed by atoms with E-state index in [1.165, 1.54) is 4.90 Å². The second-order valence-electron chi connectivity index (χ2n) is 4.08. The minimum absolute atomic E-state index is 0.0903. The van der Waals surface area contributed by atoms with Crippen LogP contribution in [0.5, 0.6) is 0 Å². The Labute approximate surface area is 112 Å². The maximum atomic E-state index is 12.3. The molecule has 0 fully saturated rings. The molecule has 1 aromatic heterocycles. The van der Waals surface area contributed by atoms with Gasteiger partial charge in [-0.25, -0.2) is 0 Å². The Morgan fingerprint density at radius 1 is 1.58 bits per heavy atom. The molecule has 0 atom stereocenters. The van der Waals surface area contributed by atoms with Crippen LogP contribution in [0.2, 0.25) is 0 Å². The van der Waals surface area contributed by atoms with Crippen LogP contribution in [0.4, 0.5) is 0 Å². The van der Waals surface area contributed by atoms with Crippen molar-refractivity contribution in [1.29, 1.82) is 0 Å². The molecule has 104 valence electrons. The van der Waals surface area contributed by atoms with Crippen LogP contribution in [0.15, 0.2) is 18.9 Å². The molecule has 1 heterocycles. The fourth-order valence-corrected chi connectivity index (χ4v) is 1.72. The number of ether oxygens (including phenoxy) is 1. The van der Waals surface area contributed by atoms with Crippen LogP contribution in [0.3, 0.4) is 0 Å². The van der Waals surface area contributed by atoms with E-state index in [0.717, 1.165) is 0 Å². The van der Waals surface area contributed by atoms with Gasteiger partial charge in [-0.05, 0) is 13.8 Å². The molecular formula is C13H19N3O3. The van der Waals surface area contributed by atoms with Gasteiger partial charge >= 0.3 is 5.97 Å². The second kappa shape index (κ2) is 6.72. The van der Waals surface area contributed by atoms with Gasteiger partial charge in [0.05, 0.1) is 17.9 Å². The lowest BCUT2D eigenvalue weighted by Crippen LogP contribution is -2.36. The average Bonchev–Trinajstić information content (AvgIpc) is 2.67. The van der Waals surface area contributed by atoms with Gasteiger partial charge in [0.2, 0.25) is 0 Å². The Hall–Kier alpha value is -2.11.